The quantitative estimate of drug-likeness (QED) is 0.293. The number of amides is 2. The highest BCUT2D eigenvalue weighted by molar-refractivity contribution is 8.02. The Kier molecular flexibility index (Phi) is 5.89. The average Bonchev–Trinajstić information content (AvgIpc) is 3.11. The van der Waals surface area contributed by atoms with E-state index in [9.17, 15) is 24.0 Å². The van der Waals surface area contributed by atoms with Gasteiger partial charge in [0, 0.05) is 18.6 Å². The van der Waals surface area contributed by atoms with Crippen LogP contribution in [-0.4, -0.2) is 90.8 Å². The first-order valence-corrected chi connectivity index (χ1v) is 12.3. The predicted molar refractivity (Wildman–Crippen MR) is 117 cm³/mol. The lowest BCUT2D eigenvalue weighted by Gasteiger charge is -2.42. The van der Waals surface area contributed by atoms with Gasteiger partial charge in [-0.25, -0.2) is 9.59 Å². The Morgan fingerprint density at radius 3 is 2.27 bits per heavy atom. The van der Waals surface area contributed by atoms with Gasteiger partial charge < -0.3 is 29.7 Å². The molecule has 2 N–H and O–H groups in total. The van der Waals surface area contributed by atoms with E-state index >= 15 is 0 Å². The molecule has 2 amide bonds. The highest BCUT2D eigenvalue weighted by Gasteiger charge is 2.64. The molecule has 0 radical (unpaired) electrons. The molecule has 13 heteroatoms. The number of ether oxygens (including phenoxy) is 3. The highest BCUT2D eigenvalue weighted by atomic mass is 32.2. The lowest BCUT2D eigenvalue weighted by Crippen LogP contribution is -2.69. The van der Waals surface area contributed by atoms with Gasteiger partial charge in [0.05, 0.1) is 16.5 Å². The maximum Gasteiger partial charge on any atom is 0.333 e. The zero-order valence-electron chi connectivity index (χ0n) is 18.9. The molecule has 11 nitrogen and oxygen atoms in total. The van der Waals surface area contributed by atoms with Crippen molar-refractivity contribution < 1.29 is 38.2 Å². The SMILES string of the molecule is CC(=O)OC[C@]1(C)S[C@@H]2CC(=O)N2[C@H]1C(=O)OC(C)OC(=O)[C@@H]1N2C(=O)[C@@H](N)[C@H]2SC1(C)C. The zero-order valence-corrected chi connectivity index (χ0v) is 20.6. The van der Waals surface area contributed by atoms with Crippen molar-refractivity contribution in [2.24, 2.45) is 5.73 Å². The van der Waals surface area contributed by atoms with Crippen molar-refractivity contribution in [1.82, 2.24) is 9.80 Å². The van der Waals surface area contributed by atoms with E-state index in [2.05, 4.69) is 0 Å². The van der Waals surface area contributed by atoms with Crippen molar-refractivity contribution in [3.05, 3.63) is 0 Å². The zero-order chi connectivity index (χ0) is 24.5. The van der Waals surface area contributed by atoms with Gasteiger partial charge in [0.15, 0.2) is 0 Å². The van der Waals surface area contributed by atoms with Crippen LogP contribution in [0.1, 0.15) is 41.0 Å². The van der Waals surface area contributed by atoms with Gasteiger partial charge in [-0.2, -0.15) is 0 Å². The van der Waals surface area contributed by atoms with E-state index in [-0.39, 0.29) is 35.6 Å². The molecule has 33 heavy (non-hydrogen) atoms. The third-order valence-electron chi connectivity index (χ3n) is 6.26. The number of β-lactam (4-membered cyclic amide) rings is 2. The molecule has 182 valence electrons. The smallest absolute Gasteiger partial charge is 0.333 e. The maximum atomic E-state index is 13.1. The lowest BCUT2D eigenvalue weighted by atomic mass is 9.96. The highest BCUT2D eigenvalue weighted by Crippen LogP contribution is 2.52. The number of nitrogens with two attached hydrogens (primary N) is 1. The molecule has 7 atom stereocenters. The molecule has 1 unspecified atom stereocenters. The molecule has 4 heterocycles. The van der Waals surface area contributed by atoms with Crippen LogP contribution in [0.3, 0.4) is 0 Å². The Balaban J connectivity index is 1.42. The van der Waals surface area contributed by atoms with Gasteiger partial charge >= 0.3 is 17.9 Å². The molecule has 4 aliphatic heterocycles. The number of carbonyl (C=O) groups is 5. The summed E-state index contributed by atoms with van der Waals surface area (Å²) in [5, 5.41) is -0.502. The molecule has 0 bridgehead atoms. The Hall–Kier alpha value is -1.99. The van der Waals surface area contributed by atoms with Crippen LogP contribution in [-0.2, 0) is 38.2 Å². The number of rotatable bonds is 6. The van der Waals surface area contributed by atoms with Gasteiger partial charge in [0.1, 0.15) is 30.1 Å². The molecule has 0 aromatic carbocycles. The van der Waals surface area contributed by atoms with Crippen LogP contribution in [0.15, 0.2) is 0 Å². The number of hydrogen-bond acceptors (Lipinski definition) is 11. The Morgan fingerprint density at radius 2 is 1.70 bits per heavy atom. The minimum Gasteiger partial charge on any atom is -0.464 e. The van der Waals surface area contributed by atoms with E-state index in [1.165, 1.54) is 47.2 Å². The van der Waals surface area contributed by atoms with Crippen molar-refractivity contribution >= 4 is 53.2 Å². The maximum absolute atomic E-state index is 13.1. The summed E-state index contributed by atoms with van der Waals surface area (Å²) in [7, 11) is 0. The lowest BCUT2D eigenvalue weighted by molar-refractivity contribution is -0.196. The molecule has 4 saturated heterocycles. The summed E-state index contributed by atoms with van der Waals surface area (Å²) in [6.45, 7) is 7.96. The number of hydrogen-bond donors (Lipinski definition) is 1. The fraction of sp³-hybridized carbons (Fsp3) is 0.750. The molecule has 4 fully saturated rings. The van der Waals surface area contributed by atoms with E-state index in [0.717, 1.165) is 0 Å². The molecular formula is C20H27N3O8S2. The molecule has 4 rings (SSSR count). The monoisotopic (exact) mass is 501 g/mol. The number of carbonyl (C=O) groups excluding carboxylic acids is 5. The molecular weight excluding hydrogens is 474 g/mol. The molecule has 0 saturated carbocycles. The van der Waals surface area contributed by atoms with Crippen molar-refractivity contribution in [3.8, 4) is 0 Å². The minimum absolute atomic E-state index is 0.0760. The van der Waals surface area contributed by atoms with Crippen molar-refractivity contribution in [3.63, 3.8) is 0 Å². The van der Waals surface area contributed by atoms with E-state index in [0.29, 0.717) is 0 Å². The Labute approximate surface area is 199 Å². The Morgan fingerprint density at radius 1 is 1.09 bits per heavy atom. The van der Waals surface area contributed by atoms with Crippen molar-refractivity contribution in [2.45, 2.75) is 85.7 Å². The third kappa shape index (κ3) is 3.87. The van der Waals surface area contributed by atoms with Crippen LogP contribution in [0.25, 0.3) is 0 Å². The molecule has 4 aliphatic rings. The fourth-order valence-corrected chi connectivity index (χ4v) is 7.93. The third-order valence-corrected chi connectivity index (χ3v) is 9.40. The van der Waals surface area contributed by atoms with Gasteiger partial charge in [0.25, 0.3) is 0 Å². The van der Waals surface area contributed by atoms with Crippen molar-refractivity contribution in [1.29, 1.82) is 0 Å². The van der Waals surface area contributed by atoms with Crippen molar-refractivity contribution in [2.75, 3.05) is 6.61 Å². The van der Waals surface area contributed by atoms with Crippen LogP contribution < -0.4 is 5.73 Å². The summed E-state index contributed by atoms with van der Waals surface area (Å²) >= 11 is 2.80. The topological polar surface area (TPSA) is 146 Å². The summed E-state index contributed by atoms with van der Waals surface area (Å²) in [5.74, 6) is -2.47. The number of nitrogens with zero attached hydrogens (tertiary/aromatic N) is 2. The standard InChI is InChI=1S/C20H27N3O8S2/c1-8(24)29-7-20(5)14(22-10(25)6-11(22)32-20)18(28)31-9(2)30-17(27)13-19(3,4)33-16-12(21)15(26)23(13)16/h9,11-14,16H,6-7,21H2,1-5H3/t9?,11-,12-,13+,14+,16-,20+/m1/s1. The predicted octanol–water partition coefficient (Wildman–Crippen LogP) is -0.196. The fourth-order valence-electron chi connectivity index (χ4n) is 4.70. The van der Waals surface area contributed by atoms with Gasteiger partial charge in [-0.15, -0.1) is 23.5 Å². The van der Waals surface area contributed by atoms with E-state index < -0.39 is 51.8 Å². The molecule has 0 aromatic heterocycles. The summed E-state index contributed by atoms with van der Waals surface area (Å²) in [4.78, 5) is 64.5. The van der Waals surface area contributed by atoms with Gasteiger partial charge in [-0.05, 0) is 20.8 Å². The number of thioether (sulfide) groups is 2. The second kappa shape index (κ2) is 8.05. The number of esters is 3. The first-order chi connectivity index (χ1) is 15.3. The first kappa shape index (κ1) is 24.1. The second-order valence-corrected chi connectivity index (χ2v) is 12.8. The van der Waals surface area contributed by atoms with Gasteiger partial charge in [-0.3, -0.25) is 14.4 Å². The first-order valence-electron chi connectivity index (χ1n) is 10.6. The van der Waals surface area contributed by atoms with E-state index in [4.69, 9.17) is 19.9 Å². The van der Waals surface area contributed by atoms with Gasteiger partial charge in [0.2, 0.25) is 18.1 Å². The Bertz CT molecular complexity index is 929. The van der Waals surface area contributed by atoms with E-state index in [1.54, 1.807) is 6.92 Å². The van der Waals surface area contributed by atoms with Crippen LogP contribution >= 0.6 is 23.5 Å². The summed E-state index contributed by atoms with van der Waals surface area (Å²) in [6.07, 6.45) is -0.968. The minimum atomic E-state index is -1.26. The normalized spacial score (nSPS) is 36.8. The number of fused-ring (bicyclic) bond motifs is 2. The van der Waals surface area contributed by atoms with Crippen LogP contribution in [0.4, 0.5) is 0 Å². The van der Waals surface area contributed by atoms with E-state index in [1.807, 2.05) is 13.8 Å². The molecule has 0 spiro atoms. The van der Waals surface area contributed by atoms with Crippen LogP contribution in [0.2, 0.25) is 0 Å². The molecule has 0 aliphatic carbocycles. The van der Waals surface area contributed by atoms with Gasteiger partial charge in [-0.1, -0.05) is 0 Å². The van der Waals surface area contributed by atoms with Crippen LogP contribution in [0.5, 0.6) is 0 Å². The van der Waals surface area contributed by atoms with Crippen LogP contribution in [0, 0.1) is 0 Å². The summed E-state index contributed by atoms with van der Waals surface area (Å²) < 4.78 is 14.4. The summed E-state index contributed by atoms with van der Waals surface area (Å²) in [6, 6.07) is -2.51. The second-order valence-electron chi connectivity index (χ2n) is 9.30. The largest absolute Gasteiger partial charge is 0.464 e. The average molecular weight is 502 g/mol. The molecule has 0 aromatic rings. The summed E-state index contributed by atoms with van der Waals surface area (Å²) in [5.41, 5.74) is 5.84.